The number of rotatable bonds is 6. The number of nitrogens with zero attached hydrogens (tertiary/aromatic N) is 5. The zero-order valence-electron chi connectivity index (χ0n) is 12.2. The van der Waals surface area contributed by atoms with Gasteiger partial charge in [0.1, 0.15) is 5.82 Å². The monoisotopic (exact) mass is 299 g/mol. The highest BCUT2D eigenvalue weighted by Crippen LogP contribution is 2.21. The molecule has 0 amide bonds. The Morgan fingerprint density at radius 2 is 2.14 bits per heavy atom. The maximum Gasteiger partial charge on any atom is 0.226 e. The Hall–Kier alpha value is -2.74. The third kappa shape index (κ3) is 2.96. The number of pyridine rings is 1. The van der Waals surface area contributed by atoms with Crippen LogP contribution in [0.5, 0.6) is 0 Å². The minimum atomic E-state index is 0.0319. The van der Waals surface area contributed by atoms with E-state index >= 15 is 0 Å². The summed E-state index contributed by atoms with van der Waals surface area (Å²) in [4.78, 5) is 13.0. The first-order valence-electron chi connectivity index (χ1n) is 6.95. The molecule has 0 aliphatic heterocycles. The van der Waals surface area contributed by atoms with Crippen LogP contribution in [0.3, 0.4) is 0 Å². The van der Waals surface area contributed by atoms with E-state index in [9.17, 15) is 0 Å². The molecule has 0 aromatic carbocycles. The van der Waals surface area contributed by atoms with E-state index in [-0.39, 0.29) is 6.61 Å². The molecule has 0 bridgehead atoms. The molecule has 8 heteroatoms. The standard InChI is InChI=1S/C14H17N7O/c1-21-13-11(9-18-21)12(16-5-6-22)19-14(20-13)17-8-10-3-2-4-15-7-10/h2-4,7,9,22H,5-6,8H2,1H3,(H2,16,17,19,20). The summed E-state index contributed by atoms with van der Waals surface area (Å²) in [7, 11) is 1.83. The highest BCUT2D eigenvalue weighted by atomic mass is 16.3. The average Bonchev–Trinajstić information content (AvgIpc) is 2.93. The van der Waals surface area contributed by atoms with Crippen molar-refractivity contribution in [2.75, 3.05) is 23.8 Å². The Labute approximate surface area is 127 Å². The summed E-state index contributed by atoms with van der Waals surface area (Å²) in [5.41, 5.74) is 1.77. The van der Waals surface area contributed by atoms with Gasteiger partial charge in [0.15, 0.2) is 5.65 Å². The summed E-state index contributed by atoms with van der Waals surface area (Å²) in [6.07, 6.45) is 5.24. The van der Waals surface area contributed by atoms with Gasteiger partial charge in [0.2, 0.25) is 5.95 Å². The van der Waals surface area contributed by atoms with Crippen LogP contribution in [0.15, 0.2) is 30.7 Å². The smallest absolute Gasteiger partial charge is 0.226 e. The first kappa shape index (κ1) is 14.2. The lowest BCUT2D eigenvalue weighted by Gasteiger charge is -2.09. The highest BCUT2D eigenvalue weighted by Gasteiger charge is 2.11. The summed E-state index contributed by atoms with van der Waals surface area (Å²) in [5, 5.41) is 20.3. The van der Waals surface area contributed by atoms with E-state index in [4.69, 9.17) is 5.11 Å². The fraction of sp³-hybridized carbons (Fsp3) is 0.286. The lowest BCUT2D eigenvalue weighted by molar-refractivity contribution is 0.311. The first-order valence-corrected chi connectivity index (χ1v) is 6.95. The van der Waals surface area contributed by atoms with Gasteiger partial charge in [-0.25, -0.2) is 0 Å². The van der Waals surface area contributed by atoms with Gasteiger partial charge in [-0.15, -0.1) is 0 Å². The second-order valence-electron chi connectivity index (χ2n) is 4.77. The largest absolute Gasteiger partial charge is 0.395 e. The summed E-state index contributed by atoms with van der Waals surface area (Å²) in [6.45, 7) is 1.03. The van der Waals surface area contributed by atoms with Gasteiger partial charge in [0, 0.05) is 32.5 Å². The van der Waals surface area contributed by atoms with Crippen molar-refractivity contribution in [2.45, 2.75) is 6.54 Å². The van der Waals surface area contributed by atoms with Crippen molar-refractivity contribution in [3.8, 4) is 0 Å². The predicted molar refractivity (Wildman–Crippen MR) is 83.4 cm³/mol. The second kappa shape index (κ2) is 6.35. The molecular formula is C14H17N7O. The van der Waals surface area contributed by atoms with Gasteiger partial charge < -0.3 is 15.7 Å². The topological polar surface area (TPSA) is 101 Å². The SMILES string of the molecule is Cn1ncc2c(NCCO)nc(NCc3cccnc3)nc21. The number of hydrogen-bond donors (Lipinski definition) is 3. The van der Waals surface area contributed by atoms with E-state index in [0.29, 0.717) is 24.9 Å². The van der Waals surface area contributed by atoms with Crippen molar-refractivity contribution in [1.82, 2.24) is 24.7 Å². The van der Waals surface area contributed by atoms with Crippen LogP contribution in [0.4, 0.5) is 11.8 Å². The maximum atomic E-state index is 8.98. The van der Waals surface area contributed by atoms with Crippen LogP contribution in [0, 0.1) is 0 Å². The molecule has 0 atom stereocenters. The first-order chi connectivity index (χ1) is 10.8. The van der Waals surface area contributed by atoms with E-state index in [1.165, 1.54) is 0 Å². The zero-order chi connectivity index (χ0) is 15.4. The van der Waals surface area contributed by atoms with Crippen molar-refractivity contribution in [3.05, 3.63) is 36.3 Å². The van der Waals surface area contributed by atoms with Gasteiger partial charge in [0.25, 0.3) is 0 Å². The number of nitrogens with one attached hydrogen (secondary N) is 2. The van der Waals surface area contributed by atoms with Gasteiger partial charge in [-0.3, -0.25) is 9.67 Å². The maximum absolute atomic E-state index is 8.98. The molecule has 3 N–H and O–H groups in total. The van der Waals surface area contributed by atoms with Crippen LogP contribution in [0.1, 0.15) is 5.56 Å². The van der Waals surface area contributed by atoms with Crippen LogP contribution in [0.2, 0.25) is 0 Å². The van der Waals surface area contributed by atoms with Crippen molar-refractivity contribution in [1.29, 1.82) is 0 Å². The summed E-state index contributed by atoms with van der Waals surface area (Å²) < 4.78 is 1.69. The lowest BCUT2D eigenvalue weighted by atomic mass is 10.3. The zero-order valence-corrected chi connectivity index (χ0v) is 12.2. The third-order valence-electron chi connectivity index (χ3n) is 3.17. The van der Waals surface area contributed by atoms with Crippen molar-refractivity contribution in [2.24, 2.45) is 7.05 Å². The molecule has 3 aromatic heterocycles. The molecule has 3 rings (SSSR count). The fourth-order valence-electron chi connectivity index (χ4n) is 2.09. The number of aliphatic hydroxyl groups is 1. The normalized spacial score (nSPS) is 10.8. The molecule has 0 fully saturated rings. The van der Waals surface area contributed by atoms with Crippen LogP contribution in [-0.4, -0.2) is 43.0 Å². The molecule has 114 valence electrons. The third-order valence-corrected chi connectivity index (χ3v) is 3.17. The van der Waals surface area contributed by atoms with Crippen molar-refractivity contribution in [3.63, 3.8) is 0 Å². The highest BCUT2D eigenvalue weighted by molar-refractivity contribution is 5.87. The number of aromatic nitrogens is 5. The molecule has 0 saturated carbocycles. The van der Waals surface area contributed by atoms with Gasteiger partial charge >= 0.3 is 0 Å². The van der Waals surface area contributed by atoms with Gasteiger partial charge in [-0.1, -0.05) is 6.07 Å². The molecule has 0 radical (unpaired) electrons. The Morgan fingerprint density at radius 1 is 1.23 bits per heavy atom. The van der Waals surface area contributed by atoms with Gasteiger partial charge in [0.05, 0.1) is 18.2 Å². The van der Waals surface area contributed by atoms with Crippen LogP contribution in [-0.2, 0) is 13.6 Å². The number of hydrogen-bond acceptors (Lipinski definition) is 7. The van der Waals surface area contributed by atoms with Crippen LogP contribution < -0.4 is 10.6 Å². The van der Waals surface area contributed by atoms with E-state index < -0.39 is 0 Å². The van der Waals surface area contributed by atoms with Crippen LogP contribution >= 0.6 is 0 Å². The summed E-state index contributed by atoms with van der Waals surface area (Å²) in [5.74, 6) is 1.15. The van der Waals surface area contributed by atoms with E-state index in [2.05, 4.69) is 30.7 Å². The lowest BCUT2D eigenvalue weighted by Crippen LogP contribution is -2.11. The molecular weight excluding hydrogens is 282 g/mol. The number of anilines is 2. The fourth-order valence-corrected chi connectivity index (χ4v) is 2.09. The number of aliphatic hydroxyl groups excluding tert-OH is 1. The quantitative estimate of drug-likeness (QED) is 0.618. The number of fused-ring (bicyclic) bond motifs is 1. The molecule has 8 nitrogen and oxygen atoms in total. The molecule has 0 aliphatic rings. The average molecular weight is 299 g/mol. The van der Waals surface area contributed by atoms with Crippen LogP contribution in [0.25, 0.3) is 11.0 Å². The Balaban J connectivity index is 1.87. The summed E-state index contributed by atoms with van der Waals surface area (Å²) in [6, 6.07) is 3.87. The molecule has 0 spiro atoms. The molecule has 3 heterocycles. The Bertz CT molecular complexity index is 756. The molecule has 3 aromatic rings. The minimum Gasteiger partial charge on any atom is -0.395 e. The molecule has 0 unspecified atom stereocenters. The predicted octanol–water partition coefficient (Wildman–Crippen LogP) is 0.775. The molecule has 0 saturated heterocycles. The molecule has 22 heavy (non-hydrogen) atoms. The van der Waals surface area contributed by atoms with E-state index in [1.807, 2.05) is 19.2 Å². The van der Waals surface area contributed by atoms with Crippen molar-refractivity contribution < 1.29 is 5.11 Å². The Morgan fingerprint density at radius 3 is 2.91 bits per heavy atom. The summed E-state index contributed by atoms with van der Waals surface area (Å²) >= 11 is 0. The second-order valence-corrected chi connectivity index (χ2v) is 4.77. The van der Waals surface area contributed by atoms with E-state index in [1.54, 1.807) is 23.3 Å². The van der Waals surface area contributed by atoms with Gasteiger partial charge in [-0.05, 0) is 11.6 Å². The minimum absolute atomic E-state index is 0.0319. The van der Waals surface area contributed by atoms with E-state index in [0.717, 1.165) is 16.6 Å². The van der Waals surface area contributed by atoms with Crippen molar-refractivity contribution >= 4 is 22.8 Å². The number of aryl methyl sites for hydroxylation is 1. The Kier molecular flexibility index (Phi) is 4.10. The molecule has 0 aliphatic carbocycles. The van der Waals surface area contributed by atoms with Gasteiger partial charge in [-0.2, -0.15) is 15.1 Å².